The van der Waals surface area contributed by atoms with Gasteiger partial charge >= 0.3 is 6.09 Å². The van der Waals surface area contributed by atoms with Crippen LogP contribution in [0.15, 0.2) is 63.7 Å². The first kappa shape index (κ1) is 24.3. The molecule has 9 nitrogen and oxygen atoms in total. The van der Waals surface area contributed by atoms with Gasteiger partial charge in [-0.2, -0.15) is 10.2 Å². The van der Waals surface area contributed by atoms with Crippen LogP contribution in [0.3, 0.4) is 0 Å². The zero-order valence-electron chi connectivity index (χ0n) is 18.4. The number of alkyl carbamates (subject to hydrolysis) is 1. The van der Waals surface area contributed by atoms with Crippen molar-refractivity contribution in [2.75, 3.05) is 32.1 Å². The van der Waals surface area contributed by atoms with E-state index >= 15 is 0 Å². The lowest BCUT2D eigenvalue weighted by Gasteiger charge is -2.19. The van der Waals surface area contributed by atoms with Crippen molar-refractivity contribution < 1.29 is 17.9 Å². The van der Waals surface area contributed by atoms with E-state index in [0.29, 0.717) is 11.4 Å². The standard InChI is InChI=1S/C21H29N5O4S/c1-21(2,3)30-20(27)22-14-15-23-31(28,29)19-12-8-17(9-13-19)25-24-16-6-10-18(11-7-16)26(4)5/h6-13,23H,14-15H2,1-5H3,(H,22,27). The highest BCUT2D eigenvalue weighted by Crippen LogP contribution is 2.22. The van der Waals surface area contributed by atoms with Crippen LogP contribution in [0.2, 0.25) is 0 Å². The Hall–Kier alpha value is -2.98. The molecule has 31 heavy (non-hydrogen) atoms. The van der Waals surface area contributed by atoms with Gasteiger partial charge in [-0.15, -0.1) is 0 Å². The van der Waals surface area contributed by atoms with Crippen LogP contribution < -0.4 is 14.9 Å². The molecule has 0 bridgehead atoms. The van der Waals surface area contributed by atoms with Crippen molar-refractivity contribution in [2.45, 2.75) is 31.3 Å². The molecule has 10 heteroatoms. The second kappa shape index (κ2) is 10.4. The maximum absolute atomic E-state index is 12.4. The fraction of sp³-hybridized carbons (Fsp3) is 0.381. The Morgan fingerprint density at radius 3 is 1.94 bits per heavy atom. The summed E-state index contributed by atoms with van der Waals surface area (Å²) in [5, 5.41) is 10.8. The molecular weight excluding hydrogens is 418 g/mol. The number of amides is 1. The van der Waals surface area contributed by atoms with Gasteiger partial charge in [-0.25, -0.2) is 17.9 Å². The van der Waals surface area contributed by atoms with E-state index in [0.717, 1.165) is 5.69 Å². The number of hydrogen-bond acceptors (Lipinski definition) is 7. The number of sulfonamides is 1. The summed E-state index contributed by atoms with van der Waals surface area (Å²) in [5.41, 5.74) is 1.67. The van der Waals surface area contributed by atoms with Gasteiger partial charge in [-0.05, 0) is 69.3 Å². The second-order valence-electron chi connectivity index (χ2n) is 7.93. The van der Waals surface area contributed by atoms with Gasteiger partial charge in [-0.3, -0.25) is 0 Å². The van der Waals surface area contributed by atoms with Crippen molar-refractivity contribution in [1.29, 1.82) is 0 Å². The van der Waals surface area contributed by atoms with Gasteiger partial charge in [-0.1, -0.05) is 0 Å². The summed E-state index contributed by atoms with van der Waals surface area (Å²) < 4.78 is 32.3. The Morgan fingerprint density at radius 2 is 1.45 bits per heavy atom. The molecule has 2 aromatic rings. The van der Waals surface area contributed by atoms with Crippen molar-refractivity contribution in [3.63, 3.8) is 0 Å². The first-order valence-corrected chi connectivity index (χ1v) is 11.2. The van der Waals surface area contributed by atoms with Crippen LogP contribution in [0, 0.1) is 0 Å². The molecule has 0 spiro atoms. The Bertz CT molecular complexity index is 996. The molecule has 2 N–H and O–H groups in total. The third-order valence-corrected chi connectivity index (χ3v) is 5.36. The minimum Gasteiger partial charge on any atom is -0.444 e. The number of rotatable bonds is 8. The largest absolute Gasteiger partial charge is 0.444 e. The van der Waals surface area contributed by atoms with E-state index in [1.807, 2.05) is 43.3 Å². The number of benzene rings is 2. The quantitative estimate of drug-likeness (QED) is 0.470. The molecule has 2 aromatic carbocycles. The van der Waals surface area contributed by atoms with Crippen LogP contribution in [-0.2, 0) is 14.8 Å². The van der Waals surface area contributed by atoms with Gasteiger partial charge in [0.2, 0.25) is 10.0 Å². The maximum atomic E-state index is 12.4. The van der Waals surface area contributed by atoms with Crippen molar-refractivity contribution in [1.82, 2.24) is 10.0 Å². The number of anilines is 1. The minimum atomic E-state index is -3.71. The van der Waals surface area contributed by atoms with Gasteiger partial charge in [0, 0.05) is 32.9 Å². The van der Waals surface area contributed by atoms with Crippen LogP contribution in [0.1, 0.15) is 20.8 Å². The second-order valence-corrected chi connectivity index (χ2v) is 9.70. The first-order chi connectivity index (χ1) is 14.5. The topological polar surface area (TPSA) is 112 Å². The molecule has 0 heterocycles. The van der Waals surface area contributed by atoms with Crippen molar-refractivity contribution in [2.24, 2.45) is 10.2 Å². The Morgan fingerprint density at radius 1 is 0.935 bits per heavy atom. The Labute approximate surface area is 183 Å². The molecule has 0 unspecified atom stereocenters. The average Bonchev–Trinajstić information content (AvgIpc) is 2.69. The van der Waals surface area contributed by atoms with Gasteiger partial charge in [0.15, 0.2) is 0 Å². The van der Waals surface area contributed by atoms with Gasteiger partial charge < -0.3 is 15.0 Å². The number of nitrogens with one attached hydrogen (secondary N) is 2. The van der Waals surface area contributed by atoms with Crippen LogP contribution in [0.5, 0.6) is 0 Å². The summed E-state index contributed by atoms with van der Waals surface area (Å²) in [6.45, 7) is 5.39. The molecule has 0 saturated carbocycles. The van der Waals surface area contributed by atoms with E-state index in [4.69, 9.17) is 4.74 Å². The average molecular weight is 448 g/mol. The molecule has 0 aliphatic heterocycles. The fourth-order valence-corrected chi connectivity index (χ4v) is 3.40. The van der Waals surface area contributed by atoms with Crippen LogP contribution >= 0.6 is 0 Å². The molecule has 0 atom stereocenters. The van der Waals surface area contributed by atoms with Gasteiger partial charge in [0.25, 0.3) is 0 Å². The van der Waals surface area contributed by atoms with Crippen molar-refractivity contribution >= 4 is 33.2 Å². The normalized spacial score (nSPS) is 12.0. The number of hydrogen-bond donors (Lipinski definition) is 2. The number of carbonyl (C=O) groups excluding carboxylic acids is 1. The number of azo groups is 1. The summed E-state index contributed by atoms with van der Waals surface area (Å²) >= 11 is 0. The van der Waals surface area contributed by atoms with E-state index in [-0.39, 0.29) is 18.0 Å². The smallest absolute Gasteiger partial charge is 0.407 e. The third-order valence-electron chi connectivity index (χ3n) is 3.88. The Kier molecular flexibility index (Phi) is 8.12. The molecule has 2 rings (SSSR count). The van der Waals surface area contributed by atoms with E-state index in [1.54, 1.807) is 32.9 Å². The van der Waals surface area contributed by atoms with Crippen LogP contribution in [0.25, 0.3) is 0 Å². The fourth-order valence-electron chi connectivity index (χ4n) is 2.37. The minimum absolute atomic E-state index is 0.0337. The number of nitrogens with zero attached hydrogens (tertiary/aromatic N) is 3. The molecule has 0 aromatic heterocycles. The first-order valence-electron chi connectivity index (χ1n) is 9.72. The summed E-state index contributed by atoms with van der Waals surface area (Å²) in [4.78, 5) is 13.7. The highest BCUT2D eigenvalue weighted by Gasteiger charge is 2.16. The monoisotopic (exact) mass is 447 g/mol. The molecule has 0 fully saturated rings. The van der Waals surface area contributed by atoms with E-state index in [1.165, 1.54) is 12.1 Å². The predicted octanol–water partition coefficient (Wildman–Crippen LogP) is 3.97. The molecule has 0 radical (unpaired) electrons. The molecule has 0 aliphatic rings. The van der Waals surface area contributed by atoms with Crippen molar-refractivity contribution in [3.05, 3.63) is 48.5 Å². The molecule has 1 amide bonds. The zero-order chi connectivity index (χ0) is 23.1. The summed E-state index contributed by atoms with van der Waals surface area (Å²) in [6.07, 6.45) is -0.599. The maximum Gasteiger partial charge on any atom is 0.407 e. The molecular formula is C21H29N5O4S. The van der Waals surface area contributed by atoms with Crippen LogP contribution in [0.4, 0.5) is 21.9 Å². The lowest BCUT2D eigenvalue weighted by Crippen LogP contribution is -2.37. The lowest BCUT2D eigenvalue weighted by atomic mass is 10.2. The predicted molar refractivity (Wildman–Crippen MR) is 121 cm³/mol. The van der Waals surface area contributed by atoms with Crippen LogP contribution in [-0.4, -0.2) is 47.3 Å². The van der Waals surface area contributed by atoms with E-state index < -0.39 is 21.7 Å². The van der Waals surface area contributed by atoms with Gasteiger partial charge in [0.05, 0.1) is 16.3 Å². The van der Waals surface area contributed by atoms with E-state index in [9.17, 15) is 13.2 Å². The molecule has 0 aliphatic carbocycles. The summed E-state index contributed by atoms with van der Waals surface area (Å²) in [7, 11) is 0.205. The van der Waals surface area contributed by atoms with Gasteiger partial charge in [0.1, 0.15) is 5.60 Å². The zero-order valence-corrected chi connectivity index (χ0v) is 19.2. The Balaban J connectivity index is 1.88. The van der Waals surface area contributed by atoms with Crippen molar-refractivity contribution in [3.8, 4) is 0 Å². The summed E-state index contributed by atoms with van der Waals surface area (Å²) in [5.74, 6) is 0. The number of ether oxygens (including phenoxy) is 1. The number of carbonyl (C=O) groups is 1. The SMILES string of the molecule is CN(C)c1ccc(N=Nc2ccc(S(=O)(=O)NCCNC(=O)OC(C)(C)C)cc2)cc1. The third kappa shape index (κ3) is 8.35. The highest BCUT2D eigenvalue weighted by atomic mass is 32.2. The summed E-state index contributed by atoms with van der Waals surface area (Å²) in [6, 6.07) is 13.6. The lowest BCUT2D eigenvalue weighted by molar-refractivity contribution is 0.0529. The van der Waals surface area contributed by atoms with E-state index in [2.05, 4.69) is 20.3 Å². The molecule has 0 saturated heterocycles. The molecule has 168 valence electrons. The highest BCUT2D eigenvalue weighted by molar-refractivity contribution is 7.89.